The van der Waals surface area contributed by atoms with Crippen LogP contribution in [0.2, 0.25) is 0 Å². The third-order valence-corrected chi connectivity index (χ3v) is 5.81. The summed E-state index contributed by atoms with van der Waals surface area (Å²) in [5.74, 6) is 3.15. The summed E-state index contributed by atoms with van der Waals surface area (Å²) in [6.07, 6.45) is 1.60. The number of rotatable bonds is 3. The summed E-state index contributed by atoms with van der Waals surface area (Å²) in [6.45, 7) is 9.01. The van der Waals surface area contributed by atoms with Gasteiger partial charge in [-0.25, -0.2) is 14.6 Å². The van der Waals surface area contributed by atoms with Crippen LogP contribution in [-0.2, 0) is 0 Å². The van der Waals surface area contributed by atoms with Crippen LogP contribution in [0.1, 0.15) is 27.6 Å². The highest BCUT2D eigenvalue weighted by atomic mass is 16.5. The molecular formula is C20H23N7O2. The average molecular weight is 393 g/mol. The van der Waals surface area contributed by atoms with E-state index in [1.54, 1.807) is 19.3 Å². The van der Waals surface area contributed by atoms with Crippen molar-refractivity contribution in [3.63, 3.8) is 0 Å². The molecule has 9 nitrogen and oxygen atoms in total. The van der Waals surface area contributed by atoms with Crippen LogP contribution in [0.25, 0.3) is 5.82 Å². The van der Waals surface area contributed by atoms with Gasteiger partial charge in [0.05, 0.1) is 5.69 Å². The molecule has 3 aromatic heterocycles. The lowest BCUT2D eigenvalue weighted by molar-refractivity contribution is 0.0772. The molecule has 2 aliphatic rings. The lowest BCUT2D eigenvalue weighted by Gasteiger charge is -2.22. The SMILES string of the molecule is Cc1cc(C)n(-c2cc(N3CC4CN(C(=O)c5cc(C)on5)CC4C3)ncn2)n1. The van der Waals surface area contributed by atoms with E-state index in [1.165, 1.54) is 0 Å². The van der Waals surface area contributed by atoms with Crippen molar-refractivity contribution >= 4 is 11.7 Å². The van der Waals surface area contributed by atoms with E-state index in [9.17, 15) is 4.79 Å². The molecule has 5 rings (SSSR count). The number of hydrogen-bond donors (Lipinski definition) is 0. The molecular weight excluding hydrogens is 370 g/mol. The van der Waals surface area contributed by atoms with Crippen LogP contribution in [0, 0.1) is 32.6 Å². The smallest absolute Gasteiger partial charge is 0.276 e. The fraction of sp³-hybridized carbons (Fsp3) is 0.450. The number of likely N-dealkylation sites (tertiary alicyclic amines) is 1. The maximum absolute atomic E-state index is 12.6. The van der Waals surface area contributed by atoms with Crippen LogP contribution in [-0.4, -0.2) is 61.9 Å². The number of carbonyl (C=O) groups is 1. The van der Waals surface area contributed by atoms with E-state index in [2.05, 4.69) is 25.1 Å². The van der Waals surface area contributed by atoms with Gasteiger partial charge in [-0.15, -0.1) is 0 Å². The Bertz CT molecular complexity index is 1060. The van der Waals surface area contributed by atoms with E-state index in [0.717, 1.165) is 49.2 Å². The molecule has 0 spiro atoms. The standard InChI is InChI=1S/C20H23N7O2/c1-12-4-13(2)27(23-12)19-6-18(21-11-22-19)25-7-15-9-26(10-16(15)8-25)20(28)17-5-14(3)29-24-17/h4-6,11,15-16H,7-10H2,1-3H3. The number of amides is 1. The van der Waals surface area contributed by atoms with Crippen molar-refractivity contribution in [2.24, 2.45) is 11.8 Å². The minimum Gasteiger partial charge on any atom is -0.361 e. The van der Waals surface area contributed by atoms with Gasteiger partial charge in [-0.05, 0) is 26.8 Å². The molecule has 150 valence electrons. The van der Waals surface area contributed by atoms with Crippen molar-refractivity contribution in [2.75, 3.05) is 31.1 Å². The van der Waals surface area contributed by atoms with Gasteiger partial charge in [-0.2, -0.15) is 5.10 Å². The van der Waals surface area contributed by atoms with Crippen LogP contribution < -0.4 is 4.90 Å². The molecule has 29 heavy (non-hydrogen) atoms. The Balaban J connectivity index is 1.29. The van der Waals surface area contributed by atoms with Gasteiger partial charge in [-0.1, -0.05) is 5.16 Å². The molecule has 1 amide bonds. The molecule has 2 unspecified atom stereocenters. The van der Waals surface area contributed by atoms with E-state index in [0.29, 0.717) is 23.3 Å². The predicted octanol–water partition coefficient (Wildman–Crippen LogP) is 1.78. The molecule has 0 N–H and O–H groups in total. The Morgan fingerprint density at radius 2 is 1.72 bits per heavy atom. The molecule has 2 atom stereocenters. The summed E-state index contributed by atoms with van der Waals surface area (Å²) in [7, 11) is 0. The number of hydrogen-bond acceptors (Lipinski definition) is 7. The van der Waals surface area contributed by atoms with Gasteiger partial charge in [0.1, 0.15) is 17.9 Å². The number of aryl methyl sites for hydroxylation is 3. The van der Waals surface area contributed by atoms with Crippen LogP contribution in [0.3, 0.4) is 0 Å². The summed E-state index contributed by atoms with van der Waals surface area (Å²) in [5.41, 5.74) is 2.40. The van der Waals surface area contributed by atoms with Crippen molar-refractivity contribution in [2.45, 2.75) is 20.8 Å². The first-order valence-corrected chi connectivity index (χ1v) is 9.81. The fourth-order valence-electron chi connectivity index (χ4n) is 4.46. The van der Waals surface area contributed by atoms with E-state index in [-0.39, 0.29) is 5.91 Å². The Kier molecular flexibility index (Phi) is 4.11. The molecule has 0 saturated carbocycles. The maximum atomic E-state index is 12.6. The molecule has 3 aromatic rings. The number of nitrogens with zero attached hydrogens (tertiary/aromatic N) is 7. The van der Waals surface area contributed by atoms with E-state index < -0.39 is 0 Å². The van der Waals surface area contributed by atoms with Gasteiger partial charge in [0.25, 0.3) is 5.91 Å². The molecule has 9 heteroatoms. The zero-order chi connectivity index (χ0) is 20.1. The number of carbonyl (C=O) groups excluding carboxylic acids is 1. The second-order valence-electron chi connectivity index (χ2n) is 8.03. The number of anilines is 1. The largest absolute Gasteiger partial charge is 0.361 e. The van der Waals surface area contributed by atoms with Gasteiger partial charge in [0.15, 0.2) is 11.5 Å². The lowest BCUT2D eigenvalue weighted by atomic mass is 10.0. The third-order valence-electron chi connectivity index (χ3n) is 5.81. The van der Waals surface area contributed by atoms with Crippen LogP contribution in [0.15, 0.2) is 29.0 Å². The molecule has 0 radical (unpaired) electrons. The van der Waals surface area contributed by atoms with Gasteiger partial charge in [-0.3, -0.25) is 4.79 Å². The highest BCUT2D eigenvalue weighted by molar-refractivity contribution is 5.92. The quantitative estimate of drug-likeness (QED) is 0.670. The molecule has 0 aliphatic carbocycles. The fourth-order valence-corrected chi connectivity index (χ4v) is 4.46. The molecule has 2 saturated heterocycles. The third kappa shape index (κ3) is 3.16. The second-order valence-corrected chi connectivity index (χ2v) is 8.03. The highest BCUT2D eigenvalue weighted by Crippen LogP contribution is 2.34. The van der Waals surface area contributed by atoms with Crippen molar-refractivity contribution in [3.8, 4) is 5.82 Å². The Morgan fingerprint density at radius 3 is 2.34 bits per heavy atom. The zero-order valence-electron chi connectivity index (χ0n) is 16.7. The summed E-state index contributed by atoms with van der Waals surface area (Å²) < 4.78 is 6.89. The van der Waals surface area contributed by atoms with E-state index in [4.69, 9.17) is 4.52 Å². The highest BCUT2D eigenvalue weighted by Gasteiger charge is 2.42. The van der Waals surface area contributed by atoms with Gasteiger partial charge >= 0.3 is 0 Å². The molecule has 2 aliphatic heterocycles. The lowest BCUT2D eigenvalue weighted by Crippen LogP contribution is -2.33. The Labute approximate surface area is 168 Å². The van der Waals surface area contributed by atoms with Gasteiger partial charge < -0.3 is 14.3 Å². The van der Waals surface area contributed by atoms with Crippen molar-refractivity contribution in [1.29, 1.82) is 0 Å². The summed E-state index contributed by atoms with van der Waals surface area (Å²) >= 11 is 0. The minimum atomic E-state index is -0.0448. The minimum absolute atomic E-state index is 0.0448. The first-order chi connectivity index (χ1) is 14.0. The summed E-state index contributed by atoms with van der Waals surface area (Å²) in [4.78, 5) is 25.7. The van der Waals surface area contributed by atoms with Crippen molar-refractivity contribution in [3.05, 3.63) is 47.4 Å². The zero-order valence-corrected chi connectivity index (χ0v) is 16.7. The Morgan fingerprint density at radius 1 is 1.00 bits per heavy atom. The van der Waals surface area contributed by atoms with Crippen LogP contribution in [0.4, 0.5) is 5.82 Å². The summed E-state index contributed by atoms with van der Waals surface area (Å²) in [5, 5.41) is 8.38. The number of fused-ring (bicyclic) bond motifs is 1. The molecule has 2 fully saturated rings. The van der Waals surface area contributed by atoms with Crippen LogP contribution >= 0.6 is 0 Å². The van der Waals surface area contributed by atoms with Gasteiger partial charge in [0, 0.05) is 55.8 Å². The van der Waals surface area contributed by atoms with Crippen molar-refractivity contribution in [1.82, 2.24) is 29.8 Å². The Hall–Kier alpha value is -3.23. The van der Waals surface area contributed by atoms with E-state index >= 15 is 0 Å². The van der Waals surface area contributed by atoms with Gasteiger partial charge in [0.2, 0.25) is 0 Å². The number of aromatic nitrogens is 5. The summed E-state index contributed by atoms with van der Waals surface area (Å²) in [6, 6.07) is 5.72. The molecule has 0 aromatic carbocycles. The molecule has 5 heterocycles. The maximum Gasteiger partial charge on any atom is 0.276 e. The van der Waals surface area contributed by atoms with Crippen molar-refractivity contribution < 1.29 is 9.32 Å². The monoisotopic (exact) mass is 393 g/mol. The van der Waals surface area contributed by atoms with E-state index in [1.807, 2.05) is 35.6 Å². The topological polar surface area (TPSA) is 93.2 Å². The first kappa shape index (κ1) is 17.8. The predicted molar refractivity (Wildman–Crippen MR) is 105 cm³/mol. The average Bonchev–Trinajstić information content (AvgIpc) is 3.44. The second kappa shape index (κ2) is 6.68. The normalized spacial score (nSPS) is 21.1. The first-order valence-electron chi connectivity index (χ1n) is 9.81. The van der Waals surface area contributed by atoms with Crippen LogP contribution in [0.5, 0.6) is 0 Å². The molecule has 0 bridgehead atoms.